The summed E-state index contributed by atoms with van der Waals surface area (Å²) in [7, 11) is 5.74. The third kappa shape index (κ3) is 2.71. The maximum Gasteiger partial charge on any atom is 0.225 e. The third-order valence-electron chi connectivity index (χ3n) is 4.77. The molecule has 1 aromatic heterocycles. The van der Waals surface area contributed by atoms with Gasteiger partial charge in [0.15, 0.2) is 0 Å². The van der Waals surface area contributed by atoms with Gasteiger partial charge in [0.25, 0.3) is 0 Å². The molecule has 6 heteroatoms. The van der Waals surface area contributed by atoms with Crippen molar-refractivity contribution < 1.29 is 9.47 Å². The highest BCUT2D eigenvalue weighted by Crippen LogP contribution is 2.40. The molecule has 6 nitrogen and oxygen atoms in total. The van der Waals surface area contributed by atoms with Gasteiger partial charge >= 0.3 is 0 Å². The zero-order valence-corrected chi connectivity index (χ0v) is 14.1. The predicted molar refractivity (Wildman–Crippen MR) is 85.4 cm³/mol. The van der Waals surface area contributed by atoms with Crippen LogP contribution >= 0.6 is 0 Å². The molecule has 3 heterocycles. The van der Waals surface area contributed by atoms with Gasteiger partial charge in [0.05, 0.1) is 30.9 Å². The van der Waals surface area contributed by atoms with Crippen LogP contribution in [0.3, 0.4) is 0 Å². The molecule has 0 radical (unpaired) electrons. The van der Waals surface area contributed by atoms with Crippen LogP contribution in [0.1, 0.15) is 23.4 Å². The average Bonchev–Trinajstić information content (AvgIpc) is 2.90. The van der Waals surface area contributed by atoms with Gasteiger partial charge < -0.3 is 14.4 Å². The Bertz CT molecular complexity index is 549. The number of hydrogen-bond acceptors (Lipinski definition) is 6. The maximum absolute atomic E-state index is 5.92. The molecule has 1 fully saturated rings. The molecule has 0 N–H and O–H groups in total. The molecule has 122 valence electrons. The van der Waals surface area contributed by atoms with E-state index in [1.807, 2.05) is 19.0 Å². The molecule has 2 aliphatic rings. The molecule has 22 heavy (non-hydrogen) atoms. The van der Waals surface area contributed by atoms with Crippen LogP contribution in [0.2, 0.25) is 0 Å². The summed E-state index contributed by atoms with van der Waals surface area (Å²) in [5.41, 5.74) is 3.45. The molecule has 1 saturated heterocycles. The predicted octanol–water partition coefficient (Wildman–Crippen LogP) is 0.971. The van der Waals surface area contributed by atoms with Crippen LogP contribution in [-0.4, -0.2) is 68.9 Å². The van der Waals surface area contributed by atoms with Crippen LogP contribution in [0, 0.1) is 6.92 Å². The number of nitrogens with zero attached hydrogens (tertiary/aromatic N) is 4. The number of aromatic nitrogens is 2. The monoisotopic (exact) mass is 306 g/mol. The van der Waals surface area contributed by atoms with E-state index in [0.29, 0.717) is 6.61 Å². The second-order valence-electron chi connectivity index (χ2n) is 6.62. The number of anilines is 1. The molecule has 2 aliphatic heterocycles. The van der Waals surface area contributed by atoms with Crippen molar-refractivity contribution in [2.24, 2.45) is 0 Å². The smallest absolute Gasteiger partial charge is 0.225 e. The summed E-state index contributed by atoms with van der Waals surface area (Å²) in [6.07, 6.45) is 1.09. The van der Waals surface area contributed by atoms with Gasteiger partial charge in [-0.15, -0.1) is 0 Å². The van der Waals surface area contributed by atoms with Crippen molar-refractivity contribution in [1.29, 1.82) is 0 Å². The molecular formula is C16H26N4O2. The standard InChI is InChI=1S/C16H26N4O2/c1-12-13-9-22-11-16(5-6-20(10-16)7-8-21-4)14(13)18-15(17-12)19(2)3/h5-11H2,1-4H3/t16-/m0/s1. The van der Waals surface area contributed by atoms with E-state index in [1.54, 1.807) is 7.11 Å². The number of likely N-dealkylation sites (tertiary alicyclic amines) is 1. The summed E-state index contributed by atoms with van der Waals surface area (Å²) in [5.74, 6) is 0.799. The molecule has 1 aromatic rings. The van der Waals surface area contributed by atoms with Crippen LogP contribution in [0.4, 0.5) is 5.95 Å². The Labute approximate surface area is 132 Å². The molecule has 0 amide bonds. The van der Waals surface area contributed by atoms with Crippen molar-refractivity contribution in [2.75, 3.05) is 59.0 Å². The van der Waals surface area contributed by atoms with Gasteiger partial charge in [-0.3, -0.25) is 4.90 Å². The number of hydrogen-bond donors (Lipinski definition) is 0. The molecular weight excluding hydrogens is 280 g/mol. The van der Waals surface area contributed by atoms with E-state index in [1.165, 1.54) is 11.3 Å². The summed E-state index contributed by atoms with van der Waals surface area (Å²) in [6, 6.07) is 0. The summed E-state index contributed by atoms with van der Waals surface area (Å²) >= 11 is 0. The van der Waals surface area contributed by atoms with Crippen LogP contribution in [0.25, 0.3) is 0 Å². The van der Waals surface area contributed by atoms with Crippen LogP contribution < -0.4 is 4.90 Å². The number of rotatable bonds is 4. The molecule has 3 rings (SSSR count). The van der Waals surface area contributed by atoms with Gasteiger partial charge in [-0.2, -0.15) is 0 Å². The zero-order valence-electron chi connectivity index (χ0n) is 14.1. The summed E-state index contributed by atoms with van der Waals surface area (Å²) < 4.78 is 11.1. The second-order valence-corrected chi connectivity index (χ2v) is 6.62. The first-order valence-electron chi connectivity index (χ1n) is 7.90. The minimum atomic E-state index is 0.0137. The normalized spacial score (nSPS) is 24.7. The van der Waals surface area contributed by atoms with Crippen LogP contribution in [-0.2, 0) is 21.5 Å². The van der Waals surface area contributed by atoms with Crippen molar-refractivity contribution in [3.63, 3.8) is 0 Å². The van der Waals surface area contributed by atoms with E-state index in [4.69, 9.17) is 14.5 Å². The lowest BCUT2D eigenvalue weighted by molar-refractivity contribution is 0.0488. The van der Waals surface area contributed by atoms with E-state index in [-0.39, 0.29) is 5.41 Å². The Kier molecular flexibility index (Phi) is 4.34. The molecule has 0 bridgehead atoms. The summed E-state index contributed by atoms with van der Waals surface area (Å²) in [6.45, 7) is 7.27. The van der Waals surface area contributed by atoms with E-state index in [9.17, 15) is 0 Å². The number of aryl methyl sites for hydroxylation is 1. The molecule has 0 unspecified atom stereocenters. The average molecular weight is 306 g/mol. The summed E-state index contributed by atoms with van der Waals surface area (Å²) in [4.78, 5) is 13.9. The molecule has 0 aliphatic carbocycles. The fraction of sp³-hybridized carbons (Fsp3) is 0.750. The quantitative estimate of drug-likeness (QED) is 0.826. The Morgan fingerprint density at radius 1 is 1.36 bits per heavy atom. The lowest BCUT2D eigenvalue weighted by atomic mass is 9.80. The van der Waals surface area contributed by atoms with Crippen molar-refractivity contribution >= 4 is 5.95 Å². The molecule has 0 saturated carbocycles. The molecule has 1 atom stereocenters. The van der Waals surface area contributed by atoms with Crippen molar-refractivity contribution in [1.82, 2.24) is 14.9 Å². The van der Waals surface area contributed by atoms with Gasteiger partial charge in [-0.1, -0.05) is 0 Å². The Morgan fingerprint density at radius 3 is 2.91 bits per heavy atom. The zero-order chi connectivity index (χ0) is 15.7. The van der Waals surface area contributed by atoms with E-state index < -0.39 is 0 Å². The van der Waals surface area contributed by atoms with Crippen LogP contribution in [0.15, 0.2) is 0 Å². The highest BCUT2D eigenvalue weighted by molar-refractivity contribution is 5.41. The van der Waals surface area contributed by atoms with Gasteiger partial charge in [0.2, 0.25) is 5.95 Å². The lowest BCUT2D eigenvalue weighted by Gasteiger charge is -2.35. The highest BCUT2D eigenvalue weighted by atomic mass is 16.5. The second kappa shape index (κ2) is 6.10. The van der Waals surface area contributed by atoms with Crippen molar-refractivity contribution in [3.8, 4) is 0 Å². The molecule has 1 spiro atoms. The number of ether oxygens (including phenoxy) is 2. The van der Waals surface area contributed by atoms with Gasteiger partial charge in [0, 0.05) is 45.6 Å². The first-order valence-corrected chi connectivity index (χ1v) is 7.90. The first-order chi connectivity index (χ1) is 10.6. The Morgan fingerprint density at radius 2 is 2.18 bits per heavy atom. The SMILES string of the molecule is COCCN1CC[C@@]2(COCc3c(C)nc(N(C)C)nc32)C1. The van der Waals surface area contributed by atoms with Crippen molar-refractivity contribution in [3.05, 3.63) is 17.0 Å². The van der Waals surface area contributed by atoms with Gasteiger partial charge in [0.1, 0.15) is 0 Å². The van der Waals surface area contributed by atoms with Crippen LogP contribution in [0.5, 0.6) is 0 Å². The third-order valence-corrected chi connectivity index (χ3v) is 4.77. The molecule has 0 aromatic carbocycles. The minimum Gasteiger partial charge on any atom is -0.383 e. The highest BCUT2D eigenvalue weighted by Gasteiger charge is 2.45. The maximum atomic E-state index is 5.92. The Hall–Kier alpha value is -1.24. The fourth-order valence-corrected chi connectivity index (χ4v) is 3.49. The van der Waals surface area contributed by atoms with E-state index >= 15 is 0 Å². The van der Waals surface area contributed by atoms with E-state index in [0.717, 1.165) is 50.9 Å². The number of methoxy groups -OCH3 is 1. The lowest BCUT2D eigenvalue weighted by Crippen LogP contribution is -2.41. The van der Waals surface area contributed by atoms with Gasteiger partial charge in [-0.25, -0.2) is 9.97 Å². The van der Waals surface area contributed by atoms with E-state index in [2.05, 4.69) is 16.8 Å². The van der Waals surface area contributed by atoms with Crippen molar-refractivity contribution in [2.45, 2.75) is 25.4 Å². The Balaban J connectivity index is 1.94. The number of fused-ring (bicyclic) bond motifs is 2. The largest absolute Gasteiger partial charge is 0.383 e. The fourth-order valence-electron chi connectivity index (χ4n) is 3.49. The minimum absolute atomic E-state index is 0.0137. The topological polar surface area (TPSA) is 50.7 Å². The first kappa shape index (κ1) is 15.6. The van der Waals surface area contributed by atoms with Gasteiger partial charge in [-0.05, 0) is 19.9 Å². The summed E-state index contributed by atoms with van der Waals surface area (Å²) in [5, 5.41) is 0.